The van der Waals surface area contributed by atoms with Gasteiger partial charge in [0.2, 0.25) is 5.91 Å². The second-order valence-electron chi connectivity index (χ2n) is 5.11. The van der Waals surface area contributed by atoms with Crippen molar-refractivity contribution >= 4 is 17.6 Å². The molecule has 3 N–H and O–H groups in total. The number of aromatic hydroxyl groups is 1. The Bertz CT molecular complexity index is 523. The van der Waals surface area contributed by atoms with Gasteiger partial charge in [-0.05, 0) is 43.9 Å². The van der Waals surface area contributed by atoms with Crippen molar-refractivity contribution < 1.29 is 24.5 Å². The third-order valence-corrected chi connectivity index (χ3v) is 3.48. The van der Waals surface area contributed by atoms with E-state index < -0.39 is 5.97 Å². The Morgan fingerprint density at radius 2 is 2.14 bits per heavy atom. The topological polar surface area (TPSA) is 95.9 Å². The lowest BCUT2D eigenvalue weighted by Gasteiger charge is -2.22. The lowest BCUT2D eigenvalue weighted by molar-refractivity contribution is -0.117. The predicted molar refractivity (Wildman–Crippen MR) is 76.5 cm³/mol. The Kier molecular flexibility index (Phi) is 5.16. The lowest BCUT2D eigenvalue weighted by atomic mass is 10.0. The number of carboxylic acids is 1. The number of benzene rings is 1. The van der Waals surface area contributed by atoms with Gasteiger partial charge in [0.1, 0.15) is 5.75 Å². The van der Waals surface area contributed by atoms with Crippen LogP contribution in [0.15, 0.2) is 18.2 Å². The Morgan fingerprint density at radius 1 is 1.33 bits per heavy atom. The molecule has 1 aromatic rings. The highest BCUT2D eigenvalue weighted by Crippen LogP contribution is 2.22. The smallest absolute Gasteiger partial charge is 0.337 e. The number of anilines is 1. The second-order valence-corrected chi connectivity index (χ2v) is 5.11. The van der Waals surface area contributed by atoms with Crippen LogP contribution in [0.5, 0.6) is 5.75 Å². The molecule has 0 aliphatic carbocycles. The minimum atomic E-state index is -1.20. The van der Waals surface area contributed by atoms with Crippen molar-refractivity contribution in [3.05, 3.63) is 23.8 Å². The van der Waals surface area contributed by atoms with E-state index >= 15 is 0 Å². The Balaban J connectivity index is 1.91. The molecule has 1 saturated heterocycles. The van der Waals surface area contributed by atoms with Crippen LogP contribution in [-0.4, -0.2) is 34.8 Å². The quantitative estimate of drug-likeness (QED) is 0.724. The number of aromatic carboxylic acids is 1. The van der Waals surface area contributed by atoms with E-state index in [2.05, 4.69) is 5.32 Å². The number of phenols is 1. The standard InChI is InChI=1S/C15H19NO5/c17-10-4-6-13(12(9-10)15(19)20)16-14(18)7-5-11-3-1-2-8-21-11/h4,6,9,11,17H,1-3,5,7-8H2,(H,16,18)(H,19,20). The summed E-state index contributed by atoms with van der Waals surface area (Å²) in [5.41, 5.74) is 0.0622. The van der Waals surface area contributed by atoms with E-state index in [1.54, 1.807) is 0 Å². The number of amides is 1. The van der Waals surface area contributed by atoms with Crippen LogP contribution in [0.3, 0.4) is 0 Å². The molecule has 6 nitrogen and oxygen atoms in total. The highest BCUT2D eigenvalue weighted by atomic mass is 16.5. The summed E-state index contributed by atoms with van der Waals surface area (Å²) in [5, 5.41) is 20.9. The Hall–Kier alpha value is -2.08. The summed E-state index contributed by atoms with van der Waals surface area (Å²) in [7, 11) is 0. The van der Waals surface area contributed by atoms with Gasteiger partial charge in [0.25, 0.3) is 0 Å². The average molecular weight is 293 g/mol. The summed E-state index contributed by atoms with van der Waals surface area (Å²) < 4.78 is 5.55. The Morgan fingerprint density at radius 3 is 2.81 bits per heavy atom. The van der Waals surface area contributed by atoms with Gasteiger partial charge >= 0.3 is 5.97 Å². The van der Waals surface area contributed by atoms with Gasteiger partial charge < -0.3 is 20.3 Å². The fourth-order valence-electron chi connectivity index (χ4n) is 2.36. The predicted octanol–water partition coefficient (Wildman–Crippen LogP) is 2.38. The summed E-state index contributed by atoms with van der Waals surface area (Å²) in [6.07, 6.45) is 4.18. The highest BCUT2D eigenvalue weighted by Gasteiger charge is 2.17. The van der Waals surface area contributed by atoms with Crippen molar-refractivity contribution in [2.75, 3.05) is 11.9 Å². The molecule has 1 aliphatic rings. The normalized spacial score (nSPS) is 18.2. The number of hydrogen-bond acceptors (Lipinski definition) is 4. The number of hydrogen-bond donors (Lipinski definition) is 3. The molecule has 1 fully saturated rings. The van der Waals surface area contributed by atoms with E-state index in [4.69, 9.17) is 9.84 Å². The molecule has 1 aliphatic heterocycles. The molecule has 21 heavy (non-hydrogen) atoms. The van der Waals surface area contributed by atoms with Gasteiger partial charge in [-0.25, -0.2) is 4.79 Å². The molecule has 1 atom stereocenters. The zero-order valence-electron chi connectivity index (χ0n) is 11.7. The third kappa shape index (κ3) is 4.46. The number of carbonyl (C=O) groups excluding carboxylic acids is 1. The van der Waals surface area contributed by atoms with E-state index in [0.29, 0.717) is 6.42 Å². The number of carbonyl (C=O) groups is 2. The van der Waals surface area contributed by atoms with Gasteiger partial charge in [0.15, 0.2) is 0 Å². The molecular weight excluding hydrogens is 274 g/mol. The van der Waals surface area contributed by atoms with E-state index in [1.165, 1.54) is 12.1 Å². The molecule has 0 bridgehead atoms. The first-order valence-electron chi connectivity index (χ1n) is 7.04. The van der Waals surface area contributed by atoms with Crippen molar-refractivity contribution in [3.63, 3.8) is 0 Å². The summed E-state index contributed by atoms with van der Waals surface area (Å²) >= 11 is 0. The number of phenolic OH excluding ortho intramolecular Hbond substituents is 1. The minimum Gasteiger partial charge on any atom is -0.508 e. The van der Waals surface area contributed by atoms with Gasteiger partial charge in [-0.15, -0.1) is 0 Å². The minimum absolute atomic E-state index is 0.114. The molecular formula is C15H19NO5. The van der Waals surface area contributed by atoms with E-state index in [9.17, 15) is 14.7 Å². The fraction of sp³-hybridized carbons (Fsp3) is 0.467. The average Bonchev–Trinajstić information content (AvgIpc) is 2.48. The van der Waals surface area contributed by atoms with Crippen LogP contribution in [0, 0.1) is 0 Å². The first kappa shape index (κ1) is 15.3. The number of rotatable bonds is 5. The molecule has 0 saturated carbocycles. The molecule has 114 valence electrons. The molecule has 1 aromatic carbocycles. The van der Waals surface area contributed by atoms with Gasteiger partial charge in [-0.3, -0.25) is 4.79 Å². The maximum atomic E-state index is 11.9. The second kappa shape index (κ2) is 7.08. The summed E-state index contributed by atoms with van der Waals surface area (Å²) in [4.78, 5) is 23.0. The van der Waals surface area contributed by atoms with Crippen LogP contribution < -0.4 is 5.32 Å². The van der Waals surface area contributed by atoms with Crippen LogP contribution in [0.2, 0.25) is 0 Å². The highest BCUT2D eigenvalue weighted by molar-refractivity contribution is 6.00. The number of carboxylic acid groups (broad SMARTS) is 1. The van der Waals surface area contributed by atoms with Crippen LogP contribution >= 0.6 is 0 Å². The Labute approximate surface area is 122 Å². The van der Waals surface area contributed by atoms with Gasteiger partial charge in [0, 0.05) is 13.0 Å². The molecule has 1 unspecified atom stereocenters. The largest absolute Gasteiger partial charge is 0.508 e. The van der Waals surface area contributed by atoms with Crippen LogP contribution in [0.25, 0.3) is 0 Å². The maximum Gasteiger partial charge on any atom is 0.337 e. The van der Waals surface area contributed by atoms with Gasteiger partial charge in [-0.1, -0.05) is 0 Å². The van der Waals surface area contributed by atoms with Crippen molar-refractivity contribution in [2.24, 2.45) is 0 Å². The van der Waals surface area contributed by atoms with Gasteiger partial charge in [0.05, 0.1) is 17.4 Å². The van der Waals surface area contributed by atoms with Crippen LogP contribution in [0.4, 0.5) is 5.69 Å². The molecule has 0 spiro atoms. The van der Waals surface area contributed by atoms with Crippen molar-refractivity contribution in [1.29, 1.82) is 0 Å². The van der Waals surface area contributed by atoms with E-state index in [1.807, 2.05) is 0 Å². The lowest BCUT2D eigenvalue weighted by Crippen LogP contribution is -2.22. The van der Waals surface area contributed by atoms with Crippen LogP contribution in [0.1, 0.15) is 42.5 Å². The van der Waals surface area contributed by atoms with E-state index in [-0.39, 0.29) is 35.4 Å². The summed E-state index contributed by atoms with van der Waals surface area (Å²) in [6.45, 7) is 0.743. The number of nitrogens with one attached hydrogen (secondary N) is 1. The zero-order valence-corrected chi connectivity index (χ0v) is 11.7. The molecule has 0 radical (unpaired) electrons. The summed E-state index contributed by atoms with van der Waals surface area (Å²) in [5.74, 6) is -1.60. The summed E-state index contributed by atoms with van der Waals surface area (Å²) in [6, 6.07) is 3.84. The zero-order chi connectivity index (χ0) is 15.2. The number of ether oxygens (including phenoxy) is 1. The third-order valence-electron chi connectivity index (χ3n) is 3.48. The van der Waals surface area contributed by atoms with Gasteiger partial charge in [-0.2, -0.15) is 0 Å². The van der Waals surface area contributed by atoms with Crippen molar-refractivity contribution in [1.82, 2.24) is 0 Å². The fourth-order valence-corrected chi connectivity index (χ4v) is 2.36. The molecule has 0 aromatic heterocycles. The van der Waals surface area contributed by atoms with E-state index in [0.717, 1.165) is 31.9 Å². The molecule has 1 heterocycles. The molecule has 2 rings (SSSR count). The molecule has 6 heteroatoms. The first-order valence-corrected chi connectivity index (χ1v) is 7.04. The SMILES string of the molecule is O=C(CCC1CCCCO1)Nc1ccc(O)cc1C(=O)O. The van der Waals surface area contributed by atoms with Crippen LogP contribution in [-0.2, 0) is 9.53 Å². The molecule has 1 amide bonds. The maximum absolute atomic E-state index is 11.9. The van der Waals surface area contributed by atoms with Crippen molar-refractivity contribution in [2.45, 2.75) is 38.2 Å². The van der Waals surface area contributed by atoms with Crippen molar-refractivity contribution in [3.8, 4) is 5.75 Å². The monoisotopic (exact) mass is 293 g/mol. The first-order chi connectivity index (χ1) is 10.1.